The van der Waals surface area contributed by atoms with E-state index in [1.165, 1.54) is 6.07 Å². The van der Waals surface area contributed by atoms with Crippen molar-refractivity contribution in [1.82, 2.24) is 16.0 Å². The van der Waals surface area contributed by atoms with Crippen LogP contribution in [0.25, 0.3) is 0 Å². The van der Waals surface area contributed by atoms with Crippen molar-refractivity contribution in [1.29, 1.82) is 0 Å². The number of hydrogen-bond donors (Lipinski definition) is 3. The third-order valence-corrected chi connectivity index (χ3v) is 3.31. The molecular formula is C14H20FN3O. The number of carbonyl (C=O) groups excluding carboxylic acids is 1. The number of amides is 1. The number of nitrogens with one attached hydrogen (secondary N) is 3. The van der Waals surface area contributed by atoms with E-state index in [-0.39, 0.29) is 17.8 Å². The highest BCUT2D eigenvalue weighted by Crippen LogP contribution is 2.06. The van der Waals surface area contributed by atoms with E-state index in [2.05, 4.69) is 22.9 Å². The van der Waals surface area contributed by atoms with Gasteiger partial charge < -0.3 is 16.0 Å². The SMILES string of the molecule is CC1CNC(C(=O)NCCc2ccccc2F)CN1. The Bertz CT molecular complexity index is 430. The Kier molecular flexibility index (Phi) is 4.87. The molecule has 0 spiro atoms. The maximum atomic E-state index is 13.4. The van der Waals surface area contributed by atoms with Crippen LogP contribution in [0.1, 0.15) is 12.5 Å². The Balaban J connectivity index is 1.74. The maximum Gasteiger partial charge on any atom is 0.238 e. The maximum absolute atomic E-state index is 13.4. The summed E-state index contributed by atoms with van der Waals surface area (Å²) in [6, 6.07) is 6.83. The molecule has 1 aliphatic rings. The van der Waals surface area contributed by atoms with E-state index in [4.69, 9.17) is 0 Å². The fourth-order valence-electron chi connectivity index (χ4n) is 2.11. The standard InChI is InChI=1S/C14H20FN3O/c1-10-8-18-13(9-17-10)14(19)16-7-6-11-4-2-3-5-12(11)15/h2-5,10,13,17-18H,6-9H2,1H3,(H,16,19). The number of rotatable bonds is 4. The topological polar surface area (TPSA) is 53.2 Å². The van der Waals surface area contributed by atoms with E-state index in [9.17, 15) is 9.18 Å². The van der Waals surface area contributed by atoms with Gasteiger partial charge in [-0.25, -0.2) is 4.39 Å². The Morgan fingerprint density at radius 1 is 1.37 bits per heavy atom. The zero-order valence-electron chi connectivity index (χ0n) is 11.1. The molecule has 2 rings (SSSR count). The molecule has 0 radical (unpaired) electrons. The van der Waals surface area contributed by atoms with Crippen molar-refractivity contribution < 1.29 is 9.18 Å². The largest absolute Gasteiger partial charge is 0.354 e. The molecule has 0 bridgehead atoms. The highest BCUT2D eigenvalue weighted by Gasteiger charge is 2.22. The first-order valence-electron chi connectivity index (χ1n) is 6.64. The molecule has 0 saturated carbocycles. The molecule has 1 aliphatic heterocycles. The average molecular weight is 265 g/mol. The Morgan fingerprint density at radius 2 is 2.16 bits per heavy atom. The molecule has 1 amide bonds. The first kappa shape index (κ1) is 14.0. The smallest absolute Gasteiger partial charge is 0.238 e. The summed E-state index contributed by atoms with van der Waals surface area (Å²) in [6.45, 7) is 3.94. The highest BCUT2D eigenvalue weighted by molar-refractivity contribution is 5.82. The third kappa shape index (κ3) is 4.01. The molecule has 0 aliphatic carbocycles. The van der Waals surface area contributed by atoms with E-state index in [0.29, 0.717) is 31.1 Å². The van der Waals surface area contributed by atoms with Crippen molar-refractivity contribution in [2.24, 2.45) is 0 Å². The number of benzene rings is 1. The van der Waals surface area contributed by atoms with Gasteiger partial charge in [0.1, 0.15) is 5.82 Å². The lowest BCUT2D eigenvalue weighted by Gasteiger charge is -2.28. The first-order valence-corrected chi connectivity index (χ1v) is 6.64. The van der Waals surface area contributed by atoms with E-state index in [0.717, 1.165) is 6.54 Å². The summed E-state index contributed by atoms with van der Waals surface area (Å²) >= 11 is 0. The van der Waals surface area contributed by atoms with Gasteiger partial charge in [-0.1, -0.05) is 18.2 Å². The second-order valence-electron chi connectivity index (χ2n) is 4.90. The zero-order chi connectivity index (χ0) is 13.7. The molecule has 2 atom stereocenters. The average Bonchev–Trinajstić information content (AvgIpc) is 2.41. The molecule has 1 aromatic carbocycles. The second kappa shape index (κ2) is 6.63. The van der Waals surface area contributed by atoms with Gasteiger partial charge in [0, 0.05) is 25.7 Å². The van der Waals surface area contributed by atoms with Crippen LogP contribution in [0.5, 0.6) is 0 Å². The van der Waals surface area contributed by atoms with Crippen LogP contribution in [-0.4, -0.2) is 37.6 Å². The Morgan fingerprint density at radius 3 is 2.84 bits per heavy atom. The van der Waals surface area contributed by atoms with E-state index >= 15 is 0 Å². The van der Waals surface area contributed by atoms with E-state index in [1.54, 1.807) is 18.2 Å². The van der Waals surface area contributed by atoms with Gasteiger partial charge in [0.05, 0.1) is 6.04 Å². The predicted octanol–water partition coefficient (Wildman–Crippen LogP) is 0.434. The minimum atomic E-state index is -0.219. The molecule has 1 heterocycles. The fraction of sp³-hybridized carbons (Fsp3) is 0.500. The monoisotopic (exact) mass is 265 g/mol. The normalized spacial score (nSPS) is 23.1. The minimum Gasteiger partial charge on any atom is -0.354 e. The van der Waals surface area contributed by atoms with Crippen molar-refractivity contribution >= 4 is 5.91 Å². The summed E-state index contributed by atoms with van der Waals surface area (Å²) in [7, 11) is 0. The predicted molar refractivity (Wildman–Crippen MR) is 72.4 cm³/mol. The van der Waals surface area contributed by atoms with Crippen molar-refractivity contribution in [3.8, 4) is 0 Å². The summed E-state index contributed by atoms with van der Waals surface area (Å²) in [5.74, 6) is -0.251. The van der Waals surface area contributed by atoms with Crippen LogP contribution in [0, 0.1) is 5.82 Å². The number of hydrogen-bond acceptors (Lipinski definition) is 3. The molecule has 4 nitrogen and oxygen atoms in total. The molecule has 3 N–H and O–H groups in total. The van der Waals surface area contributed by atoms with E-state index in [1.807, 2.05) is 0 Å². The zero-order valence-corrected chi connectivity index (χ0v) is 11.1. The quantitative estimate of drug-likeness (QED) is 0.740. The second-order valence-corrected chi connectivity index (χ2v) is 4.90. The lowest BCUT2D eigenvalue weighted by Crippen LogP contribution is -2.59. The van der Waals surface area contributed by atoms with Crippen LogP contribution in [0.4, 0.5) is 4.39 Å². The van der Waals surface area contributed by atoms with Crippen molar-refractivity contribution in [3.63, 3.8) is 0 Å². The molecule has 104 valence electrons. The van der Waals surface area contributed by atoms with Crippen LogP contribution in [0.2, 0.25) is 0 Å². The molecule has 5 heteroatoms. The third-order valence-electron chi connectivity index (χ3n) is 3.31. The van der Waals surface area contributed by atoms with Crippen LogP contribution >= 0.6 is 0 Å². The Labute approximate surface area is 112 Å². The van der Waals surface area contributed by atoms with Crippen molar-refractivity contribution in [2.45, 2.75) is 25.4 Å². The summed E-state index contributed by atoms with van der Waals surface area (Å²) in [4.78, 5) is 11.9. The van der Waals surface area contributed by atoms with Crippen LogP contribution in [0.3, 0.4) is 0 Å². The molecule has 1 fully saturated rings. The van der Waals surface area contributed by atoms with Gasteiger partial charge >= 0.3 is 0 Å². The summed E-state index contributed by atoms with van der Waals surface area (Å²) in [6.07, 6.45) is 0.509. The lowest BCUT2D eigenvalue weighted by molar-refractivity contribution is -0.123. The van der Waals surface area contributed by atoms with Crippen molar-refractivity contribution in [2.75, 3.05) is 19.6 Å². The molecule has 1 aromatic rings. The summed E-state index contributed by atoms with van der Waals surface area (Å²) in [5, 5.41) is 9.26. The fourth-order valence-corrected chi connectivity index (χ4v) is 2.11. The number of piperazine rings is 1. The molecule has 0 aromatic heterocycles. The van der Waals surface area contributed by atoms with Gasteiger partial charge in [-0.2, -0.15) is 0 Å². The van der Waals surface area contributed by atoms with E-state index < -0.39 is 0 Å². The molecule has 1 saturated heterocycles. The van der Waals surface area contributed by atoms with Gasteiger partial charge in [0.25, 0.3) is 0 Å². The lowest BCUT2D eigenvalue weighted by atomic mass is 10.1. The van der Waals surface area contributed by atoms with Gasteiger partial charge in [-0.3, -0.25) is 4.79 Å². The first-order chi connectivity index (χ1) is 9.16. The van der Waals surface area contributed by atoms with Gasteiger partial charge in [-0.15, -0.1) is 0 Å². The highest BCUT2D eigenvalue weighted by atomic mass is 19.1. The molecule has 2 unspecified atom stereocenters. The van der Waals surface area contributed by atoms with Gasteiger partial charge in [0.2, 0.25) is 5.91 Å². The number of carbonyl (C=O) groups is 1. The molecular weight excluding hydrogens is 245 g/mol. The van der Waals surface area contributed by atoms with Crippen LogP contribution in [0.15, 0.2) is 24.3 Å². The minimum absolute atomic E-state index is 0.0317. The van der Waals surface area contributed by atoms with Crippen molar-refractivity contribution in [3.05, 3.63) is 35.6 Å². The van der Waals surface area contributed by atoms with Crippen LogP contribution in [-0.2, 0) is 11.2 Å². The van der Waals surface area contributed by atoms with Crippen LogP contribution < -0.4 is 16.0 Å². The Hall–Kier alpha value is -1.46. The summed E-state index contributed by atoms with van der Waals surface area (Å²) < 4.78 is 13.4. The van der Waals surface area contributed by atoms with Gasteiger partial charge in [-0.05, 0) is 25.0 Å². The number of halogens is 1. The molecule has 19 heavy (non-hydrogen) atoms. The van der Waals surface area contributed by atoms with Gasteiger partial charge in [0.15, 0.2) is 0 Å². The summed E-state index contributed by atoms with van der Waals surface area (Å²) in [5.41, 5.74) is 0.631.